The van der Waals surface area contributed by atoms with Gasteiger partial charge in [-0.05, 0) is 36.6 Å². The van der Waals surface area contributed by atoms with E-state index in [9.17, 15) is 14.3 Å². The second-order valence-electron chi connectivity index (χ2n) is 10.1. The molecular weight excluding hydrogens is 517 g/mol. The molecule has 1 saturated heterocycles. The first-order chi connectivity index (χ1) is 18.3. The maximum absolute atomic E-state index is 16.3. The van der Waals surface area contributed by atoms with Gasteiger partial charge in [-0.1, -0.05) is 41.9 Å². The van der Waals surface area contributed by atoms with Gasteiger partial charge in [0, 0.05) is 48.2 Å². The van der Waals surface area contributed by atoms with E-state index in [4.69, 9.17) is 16.3 Å². The van der Waals surface area contributed by atoms with E-state index in [1.54, 1.807) is 0 Å². The predicted molar refractivity (Wildman–Crippen MR) is 137 cm³/mol. The number of hydrogen-bond acceptors (Lipinski definition) is 4. The van der Waals surface area contributed by atoms with Crippen molar-refractivity contribution in [1.82, 2.24) is 10.6 Å². The number of carbonyl (C=O) groups is 1. The van der Waals surface area contributed by atoms with Gasteiger partial charge in [0.2, 0.25) is 0 Å². The number of halogens is 4. The zero-order chi connectivity index (χ0) is 26.8. The van der Waals surface area contributed by atoms with Gasteiger partial charge in [0.15, 0.2) is 5.60 Å². The average Bonchev–Trinajstić information content (AvgIpc) is 3.65. The molecule has 3 aromatic carbocycles. The van der Waals surface area contributed by atoms with Crippen molar-refractivity contribution in [2.75, 3.05) is 13.6 Å². The van der Waals surface area contributed by atoms with E-state index < -0.39 is 35.4 Å². The van der Waals surface area contributed by atoms with Crippen molar-refractivity contribution in [2.24, 2.45) is 0 Å². The molecule has 5 nitrogen and oxygen atoms in total. The number of amides is 1. The maximum atomic E-state index is 16.3. The van der Waals surface area contributed by atoms with Crippen LogP contribution in [0.5, 0.6) is 5.75 Å². The summed E-state index contributed by atoms with van der Waals surface area (Å²) in [5, 5.41) is 16.0. The number of hydrogen-bond donors (Lipinski definition) is 3. The van der Waals surface area contributed by atoms with Gasteiger partial charge >= 0.3 is 0 Å². The molecule has 3 aliphatic rings. The van der Waals surface area contributed by atoms with Gasteiger partial charge < -0.3 is 20.5 Å². The fourth-order valence-electron chi connectivity index (χ4n) is 6.29. The van der Waals surface area contributed by atoms with Crippen LogP contribution in [0.4, 0.5) is 13.2 Å². The van der Waals surface area contributed by atoms with E-state index >= 15 is 8.78 Å². The first-order valence-electron chi connectivity index (χ1n) is 12.7. The van der Waals surface area contributed by atoms with Gasteiger partial charge in [0.1, 0.15) is 29.7 Å². The number of carbonyl (C=O) groups excluding carboxylic acids is 1. The van der Waals surface area contributed by atoms with Crippen molar-refractivity contribution in [3.8, 4) is 16.9 Å². The van der Waals surface area contributed by atoms with Crippen LogP contribution in [0.2, 0.25) is 5.02 Å². The maximum Gasteiger partial charge on any atom is 0.251 e. The zero-order valence-corrected chi connectivity index (χ0v) is 21.3. The van der Waals surface area contributed by atoms with Crippen LogP contribution in [-0.2, 0) is 18.4 Å². The number of benzene rings is 3. The van der Waals surface area contributed by atoms with Crippen molar-refractivity contribution < 1.29 is 27.8 Å². The summed E-state index contributed by atoms with van der Waals surface area (Å²) in [4.78, 5) is 13.0. The van der Waals surface area contributed by atoms with Crippen LogP contribution in [0.3, 0.4) is 0 Å². The van der Waals surface area contributed by atoms with E-state index in [0.717, 1.165) is 24.9 Å². The molecule has 2 aliphatic heterocycles. The highest BCUT2D eigenvalue weighted by molar-refractivity contribution is 6.34. The highest BCUT2D eigenvalue weighted by Gasteiger charge is 2.50. The predicted octanol–water partition coefficient (Wildman–Crippen LogP) is 5.15. The van der Waals surface area contributed by atoms with Crippen LogP contribution in [0.25, 0.3) is 11.1 Å². The summed E-state index contributed by atoms with van der Waals surface area (Å²) in [5.41, 5.74) is -0.0581. The number of fused-ring (bicyclic) bond motifs is 2. The molecule has 1 aliphatic carbocycles. The van der Waals surface area contributed by atoms with Gasteiger partial charge in [-0.3, -0.25) is 4.79 Å². The Morgan fingerprint density at radius 3 is 2.66 bits per heavy atom. The Bertz CT molecular complexity index is 1450. The highest BCUT2D eigenvalue weighted by atomic mass is 35.5. The normalized spacial score (nSPS) is 25.7. The molecule has 0 spiro atoms. The van der Waals surface area contributed by atoms with Gasteiger partial charge in [0.05, 0.1) is 16.6 Å². The minimum absolute atomic E-state index is 0.0223. The molecule has 3 aromatic rings. The SMILES string of the molecule is CNC(=O)c1cc2c(c(F)c1-c1c(Cl)c(F)cc3c1C[C@](c1ccccc1)([C@@H]1CCCN1)O3)[C@H](O)[C@@H](F)C2. The number of alkyl halides is 1. The fourth-order valence-corrected chi connectivity index (χ4v) is 6.55. The van der Waals surface area contributed by atoms with Crippen molar-refractivity contribution >= 4 is 17.5 Å². The molecule has 9 heteroatoms. The topological polar surface area (TPSA) is 70.6 Å². The number of nitrogens with one attached hydrogen (secondary N) is 2. The van der Waals surface area contributed by atoms with Crippen molar-refractivity contribution in [1.29, 1.82) is 0 Å². The van der Waals surface area contributed by atoms with E-state index in [2.05, 4.69) is 10.6 Å². The smallest absolute Gasteiger partial charge is 0.251 e. The molecule has 0 aromatic heterocycles. The van der Waals surface area contributed by atoms with Crippen LogP contribution >= 0.6 is 11.6 Å². The van der Waals surface area contributed by atoms with Crippen LogP contribution in [-0.4, -0.2) is 36.8 Å². The largest absolute Gasteiger partial charge is 0.480 e. The molecule has 2 heterocycles. The number of ether oxygens (including phenoxy) is 1. The quantitative estimate of drug-likeness (QED) is 0.426. The lowest BCUT2D eigenvalue weighted by Crippen LogP contribution is -2.48. The van der Waals surface area contributed by atoms with Crippen LogP contribution in [0, 0.1) is 11.6 Å². The Kier molecular flexibility index (Phi) is 6.17. The van der Waals surface area contributed by atoms with Gasteiger partial charge in [0.25, 0.3) is 5.91 Å². The average molecular weight is 543 g/mol. The summed E-state index contributed by atoms with van der Waals surface area (Å²) < 4.78 is 52.6. The van der Waals surface area contributed by atoms with E-state index in [1.807, 2.05) is 30.3 Å². The molecule has 0 radical (unpaired) electrons. The first-order valence-corrected chi connectivity index (χ1v) is 13.0. The van der Waals surface area contributed by atoms with Crippen molar-refractivity contribution in [3.05, 3.63) is 86.9 Å². The summed E-state index contributed by atoms with van der Waals surface area (Å²) in [7, 11) is 1.39. The van der Waals surface area contributed by atoms with Gasteiger partial charge in [-0.15, -0.1) is 0 Å². The van der Waals surface area contributed by atoms with Crippen LogP contribution in [0.15, 0.2) is 42.5 Å². The lowest BCUT2D eigenvalue weighted by Gasteiger charge is -2.35. The highest BCUT2D eigenvalue weighted by Crippen LogP contribution is 2.53. The number of rotatable bonds is 4. The molecule has 1 fully saturated rings. The molecular formula is C29H26ClF3N2O3. The molecule has 3 N–H and O–H groups in total. The second kappa shape index (κ2) is 9.29. The molecule has 38 heavy (non-hydrogen) atoms. The van der Waals surface area contributed by atoms with Crippen LogP contribution < -0.4 is 15.4 Å². The Morgan fingerprint density at radius 1 is 1.21 bits per heavy atom. The Balaban J connectivity index is 1.61. The van der Waals surface area contributed by atoms with Gasteiger partial charge in [-0.2, -0.15) is 0 Å². The fraction of sp³-hybridized carbons (Fsp3) is 0.345. The monoisotopic (exact) mass is 542 g/mol. The third-order valence-corrected chi connectivity index (χ3v) is 8.44. The second-order valence-corrected chi connectivity index (χ2v) is 10.5. The minimum atomic E-state index is -1.72. The van der Waals surface area contributed by atoms with E-state index in [0.29, 0.717) is 5.56 Å². The summed E-state index contributed by atoms with van der Waals surface area (Å²) in [6.07, 6.45) is -1.68. The molecule has 1 amide bonds. The number of aliphatic hydroxyl groups excluding tert-OH is 1. The lowest BCUT2D eigenvalue weighted by molar-refractivity contribution is 0.0539. The van der Waals surface area contributed by atoms with E-state index in [-0.39, 0.29) is 57.5 Å². The van der Waals surface area contributed by atoms with Crippen molar-refractivity contribution in [2.45, 2.75) is 49.6 Å². The zero-order valence-electron chi connectivity index (χ0n) is 20.6. The summed E-state index contributed by atoms with van der Waals surface area (Å²) in [6, 6.07) is 12.0. The third kappa shape index (κ3) is 3.65. The minimum Gasteiger partial charge on any atom is -0.480 e. The first kappa shape index (κ1) is 25.2. The molecule has 198 valence electrons. The number of aliphatic hydroxyl groups is 1. The van der Waals surface area contributed by atoms with Crippen molar-refractivity contribution in [3.63, 3.8) is 0 Å². The Hall–Kier alpha value is -3.07. The standard InChI is InChI=1S/C29H26ClF3N2O3/c1-34-28(37)16-10-14-11-19(32)27(36)22(14)26(33)24(16)23-17-13-29(21-8-5-9-35-21,15-6-3-2-4-7-15)38-20(17)12-18(31)25(23)30/h2-4,6-7,10,12,19,21,27,35-36H,5,8-9,11,13H2,1H3,(H,34,37)/t19-,21-,27+,29-/m0/s1. The molecule has 0 bridgehead atoms. The third-order valence-electron chi connectivity index (χ3n) is 8.07. The molecule has 0 saturated carbocycles. The Morgan fingerprint density at radius 2 is 1.97 bits per heavy atom. The summed E-state index contributed by atoms with van der Waals surface area (Å²) in [5.74, 6) is -2.26. The van der Waals surface area contributed by atoms with E-state index in [1.165, 1.54) is 19.2 Å². The Labute approximate surface area is 223 Å². The van der Waals surface area contributed by atoms with Crippen LogP contribution in [0.1, 0.15) is 51.6 Å². The van der Waals surface area contributed by atoms with Gasteiger partial charge in [-0.25, -0.2) is 13.2 Å². The summed E-state index contributed by atoms with van der Waals surface area (Å²) >= 11 is 6.54. The molecule has 4 atom stereocenters. The summed E-state index contributed by atoms with van der Waals surface area (Å²) in [6.45, 7) is 0.795. The molecule has 6 rings (SSSR count). The lowest BCUT2D eigenvalue weighted by atomic mass is 9.80. The molecule has 0 unspecified atom stereocenters.